The number of hydrogen-bond acceptors (Lipinski definition) is 5. The molecule has 0 radical (unpaired) electrons. The van der Waals surface area contributed by atoms with Gasteiger partial charge >= 0.3 is 0 Å². The van der Waals surface area contributed by atoms with Crippen LogP contribution in [0.3, 0.4) is 0 Å². The predicted octanol–water partition coefficient (Wildman–Crippen LogP) is 0.948. The van der Waals surface area contributed by atoms with Crippen molar-refractivity contribution in [3.8, 4) is 0 Å². The minimum absolute atomic E-state index is 0.0335. The number of amides is 1. The summed E-state index contributed by atoms with van der Waals surface area (Å²) in [5.41, 5.74) is 0.892. The number of carbonyl (C=O) groups excluding carboxylic acids is 1. The molecule has 0 saturated carbocycles. The van der Waals surface area contributed by atoms with E-state index in [2.05, 4.69) is 4.98 Å². The van der Waals surface area contributed by atoms with Gasteiger partial charge in [0.15, 0.2) is 9.84 Å². The number of rotatable bonds is 3. The Morgan fingerprint density at radius 1 is 1.47 bits per heavy atom. The van der Waals surface area contributed by atoms with E-state index in [1.54, 1.807) is 11.9 Å². The highest BCUT2D eigenvalue weighted by Gasteiger charge is 2.32. The van der Waals surface area contributed by atoms with Gasteiger partial charge in [0.25, 0.3) is 0 Å². The van der Waals surface area contributed by atoms with E-state index in [4.69, 9.17) is 0 Å². The number of hydrogen-bond donors (Lipinski definition) is 0. The topological polar surface area (TPSA) is 67.3 Å². The van der Waals surface area contributed by atoms with Crippen molar-refractivity contribution in [2.75, 3.05) is 18.6 Å². The lowest BCUT2D eigenvalue weighted by Gasteiger charge is -2.23. The Kier molecular flexibility index (Phi) is 3.96. The molecule has 2 heterocycles. The number of nitrogens with zero attached hydrogens (tertiary/aromatic N) is 2. The van der Waals surface area contributed by atoms with Gasteiger partial charge in [0, 0.05) is 18.0 Å². The average Bonchev–Trinajstić information content (AvgIpc) is 2.81. The molecule has 1 aromatic heterocycles. The molecule has 1 fully saturated rings. The van der Waals surface area contributed by atoms with Crippen molar-refractivity contribution in [1.82, 2.24) is 9.88 Å². The number of thiazole rings is 1. The van der Waals surface area contributed by atoms with Crippen LogP contribution < -0.4 is 0 Å². The Hall–Kier alpha value is -0.950. The van der Waals surface area contributed by atoms with Crippen LogP contribution in [0.15, 0.2) is 0 Å². The van der Waals surface area contributed by atoms with Gasteiger partial charge in [-0.1, -0.05) is 0 Å². The van der Waals surface area contributed by atoms with Gasteiger partial charge in [-0.15, -0.1) is 11.3 Å². The Labute approximate surface area is 117 Å². The van der Waals surface area contributed by atoms with Gasteiger partial charge < -0.3 is 4.90 Å². The van der Waals surface area contributed by atoms with Gasteiger partial charge in [-0.3, -0.25) is 4.79 Å². The molecular formula is C12H18N2O3S2. The van der Waals surface area contributed by atoms with Crippen LogP contribution in [0.5, 0.6) is 0 Å². The summed E-state index contributed by atoms with van der Waals surface area (Å²) in [6.45, 7) is 3.81. The van der Waals surface area contributed by atoms with E-state index in [0.717, 1.165) is 15.6 Å². The molecule has 1 aliphatic heterocycles. The molecule has 1 amide bonds. The van der Waals surface area contributed by atoms with E-state index in [0.29, 0.717) is 12.8 Å². The third-order valence-electron chi connectivity index (χ3n) is 3.46. The van der Waals surface area contributed by atoms with Crippen LogP contribution in [0.2, 0.25) is 0 Å². The highest BCUT2D eigenvalue weighted by molar-refractivity contribution is 7.91. The van der Waals surface area contributed by atoms with E-state index in [9.17, 15) is 13.2 Å². The van der Waals surface area contributed by atoms with E-state index in [-0.39, 0.29) is 23.5 Å². The molecule has 106 valence electrons. The first-order chi connectivity index (χ1) is 8.78. The summed E-state index contributed by atoms with van der Waals surface area (Å²) in [5, 5.41) is 0.950. The summed E-state index contributed by atoms with van der Waals surface area (Å²) >= 11 is 1.53. The lowest BCUT2D eigenvalue weighted by molar-refractivity contribution is -0.130. The van der Waals surface area contributed by atoms with Crippen molar-refractivity contribution in [2.24, 2.45) is 0 Å². The average molecular weight is 302 g/mol. The Balaban J connectivity index is 2.02. The number of aromatic nitrogens is 1. The third kappa shape index (κ3) is 3.33. The third-order valence-corrected chi connectivity index (χ3v) is 6.28. The van der Waals surface area contributed by atoms with Crippen LogP contribution in [0.25, 0.3) is 0 Å². The number of sulfone groups is 1. The number of likely N-dealkylation sites (N-methyl/N-ethyl adjacent to an activating group) is 1. The van der Waals surface area contributed by atoms with E-state index in [1.807, 2.05) is 13.8 Å². The second-order valence-electron chi connectivity index (χ2n) is 4.98. The summed E-state index contributed by atoms with van der Waals surface area (Å²) in [5.74, 6) is 0.248. The van der Waals surface area contributed by atoms with Crippen LogP contribution in [0.1, 0.15) is 22.0 Å². The van der Waals surface area contributed by atoms with Crippen molar-refractivity contribution in [3.63, 3.8) is 0 Å². The smallest absolute Gasteiger partial charge is 0.227 e. The molecule has 1 unspecified atom stereocenters. The first kappa shape index (κ1) is 14.5. The molecule has 0 N–H and O–H groups in total. The number of aryl methyl sites for hydroxylation is 2. The SMILES string of the molecule is Cc1nc(C)c(CC(=O)N(C)C2CCS(=O)(=O)C2)s1. The van der Waals surface area contributed by atoms with Crippen molar-refractivity contribution >= 4 is 27.1 Å². The summed E-state index contributed by atoms with van der Waals surface area (Å²) in [7, 11) is -1.26. The zero-order valence-electron chi connectivity index (χ0n) is 11.3. The fraction of sp³-hybridized carbons (Fsp3) is 0.667. The van der Waals surface area contributed by atoms with E-state index in [1.165, 1.54) is 11.3 Å². The molecule has 1 atom stereocenters. The van der Waals surface area contributed by atoms with Gasteiger partial charge in [0.1, 0.15) is 0 Å². The maximum atomic E-state index is 12.2. The van der Waals surface area contributed by atoms with Crippen LogP contribution in [0.4, 0.5) is 0 Å². The lowest BCUT2D eigenvalue weighted by Crippen LogP contribution is -2.38. The largest absolute Gasteiger partial charge is 0.341 e. The van der Waals surface area contributed by atoms with Crippen LogP contribution >= 0.6 is 11.3 Å². The van der Waals surface area contributed by atoms with Gasteiger partial charge in [-0.2, -0.15) is 0 Å². The number of carbonyl (C=O) groups is 1. The van der Waals surface area contributed by atoms with Gasteiger partial charge in [0.2, 0.25) is 5.91 Å². The van der Waals surface area contributed by atoms with Crippen molar-refractivity contribution in [1.29, 1.82) is 0 Å². The summed E-state index contributed by atoms with van der Waals surface area (Å²) < 4.78 is 22.9. The monoisotopic (exact) mass is 302 g/mol. The van der Waals surface area contributed by atoms with Crippen molar-refractivity contribution in [2.45, 2.75) is 32.7 Å². The first-order valence-electron chi connectivity index (χ1n) is 6.17. The lowest BCUT2D eigenvalue weighted by atomic mass is 10.2. The molecular weight excluding hydrogens is 284 g/mol. The molecule has 2 rings (SSSR count). The van der Waals surface area contributed by atoms with Crippen LogP contribution in [-0.4, -0.2) is 48.8 Å². The first-order valence-corrected chi connectivity index (χ1v) is 8.81. The van der Waals surface area contributed by atoms with Gasteiger partial charge in [-0.25, -0.2) is 13.4 Å². The second kappa shape index (κ2) is 5.20. The summed E-state index contributed by atoms with van der Waals surface area (Å²) in [6, 6.07) is -0.174. The molecule has 1 aromatic rings. The molecule has 19 heavy (non-hydrogen) atoms. The summed E-state index contributed by atoms with van der Waals surface area (Å²) in [6.07, 6.45) is 0.857. The fourth-order valence-electron chi connectivity index (χ4n) is 2.28. The van der Waals surface area contributed by atoms with E-state index >= 15 is 0 Å². The molecule has 0 bridgehead atoms. The maximum Gasteiger partial charge on any atom is 0.227 e. The van der Waals surface area contributed by atoms with E-state index < -0.39 is 9.84 Å². The highest BCUT2D eigenvalue weighted by Crippen LogP contribution is 2.21. The second-order valence-corrected chi connectivity index (χ2v) is 8.50. The highest BCUT2D eigenvalue weighted by atomic mass is 32.2. The quantitative estimate of drug-likeness (QED) is 0.833. The van der Waals surface area contributed by atoms with Crippen LogP contribution in [-0.2, 0) is 21.1 Å². The summed E-state index contributed by atoms with van der Waals surface area (Å²) in [4.78, 5) is 19.0. The minimum Gasteiger partial charge on any atom is -0.341 e. The van der Waals surface area contributed by atoms with Gasteiger partial charge in [-0.05, 0) is 20.3 Å². The molecule has 0 aromatic carbocycles. The normalized spacial score (nSPS) is 21.5. The minimum atomic E-state index is -2.95. The molecule has 0 spiro atoms. The molecule has 1 aliphatic rings. The van der Waals surface area contributed by atoms with Crippen molar-refractivity contribution < 1.29 is 13.2 Å². The Bertz CT molecular complexity index is 592. The zero-order chi connectivity index (χ0) is 14.2. The fourth-order valence-corrected chi connectivity index (χ4v) is 4.99. The maximum absolute atomic E-state index is 12.2. The van der Waals surface area contributed by atoms with Crippen molar-refractivity contribution in [3.05, 3.63) is 15.6 Å². The van der Waals surface area contributed by atoms with Crippen LogP contribution in [0, 0.1) is 13.8 Å². The zero-order valence-corrected chi connectivity index (χ0v) is 13.0. The Morgan fingerprint density at radius 3 is 2.63 bits per heavy atom. The predicted molar refractivity (Wildman–Crippen MR) is 75.1 cm³/mol. The standard InChI is InChI=1S/C12H18N2O3S2/c1-8-11(18-9(2)13-8)6-12(15)14(3)10-4-5-19(16,17)7-10/h10H,4-7H2,1-3H3. The Morgan fingerprint density at radius 2 is 2.16 bits per heavy atom. The molecule has 1 saturated heterocycles. The molecule has 5 nitrogen and oxygen atoms in total. The van der Waals surface area contributed by atoms with Gasteiger partial charge in [0.05, 0.1) is 28.6 Å². The molecule has 7 heteroatoms. The molecule has 0 aliphatic carbocycles.